The average Bonchev–Trinajstić information content (AvgIpc) is 3.69. The summed E-state index contributed by atoms with van der Waals surface area (Å²) in [6, 6.07) is 10.2. The van der Waals surface area contributed by atoms with Crippen LogP contribution in [0.4, 0.5) is 16.3 Å². The van der Waals surface area contributed by atoms with Gasteiger partial charge in [0.25, 0.3) is 0 Å². The molecule has 1 aromatic carbocycles. The van der Waals surface area contributed by atoms with Gasteiger partial charge in [0.05, 0.1) is 10.8 Å². The highest BCUT2D eigenvalue weighted by atomic mass is 32.2. The summed E-state index contributed by atoms with van der Waals surface area (Å²) in [4.78, 5) is 19.0. The lowest BCUT2D eigenvalue weighted by Gasteiger charge is -2.39. The van der Waals surface area contributed by atoms with Crippen molar-refractivity contribution in [3.63, 3.8) is 0 Å². The van der Waals surface area contributed by atoms with Crippen LogP contribution in [0.5, 0.6) is 0 Å². The van der Waals surface area contributed by atoms with Crippen LogP contribution in [-0.2, 0) is 25.6 Å². The van der Waals surface area contributed by atoms with E-state index in [0.717, 1.165) is 23.4 Å². The van der Waals surface area contributed by atoms with E-state index >= 15 is 0 Å². The number of rotatable bonds is 6. The lowest BCUT2D eigenvalue weighted by Crippen LogP contribution is -2.54. The van der Waals surface area contributed by atoms with Gasteiger partial charge in [-0.2, -0.15) is 4.31 Å². The number of ether oxygens (including phenoxy) is 1. The standard InChI is InChI=1S/C26H32N4O5S2/c1-5-6-20-18-29(15-16-30(20)19-7-9-21(10-8-19)36(32)22-11-12-22)37(33,34)23-13-14-24(27-17-23)28-25(31)35-26(2,3)4/h7-10,13-14,17,20,22H,11-12,15-16,18H2,1-4H3,(H,27,28,31). The first-order valence-electron chi connectivity index (χ1n) is 12.1. The number of piperazine rings is 1. The number of pyridine rings is 1. The lowest BCUT2D eigenvalue weighted by molar-refractivity contribution is 0.0635. The average molecular weight is 545 g/mol. The monoisotopic (exact) mass is 544 g/mol. The Kier molecular flexibility index (Phi) is 7.92. The third kappa shape index (κ3) is 6.69. The van der Waals surface area contributed by atoms with E-state index in [1.54, 1.807) is 27.7 Å². The van der Waals surface area contributed by atoms with Crippen molar-refractivity contribution in [3.05, 3.63) is 42.6 Å². The van der Waals surface area contributed by atoms with Crippen molar-refractivity contribution in [3.8, 4) is 11.8 Å². The number of nitrogens with zero attached hydrogens (tertiary/aromatic N) is 3. The molecule has 11 heteroatoms. The summed E-state index contributed by atoms with van der Waals surface area (Å²) in [5.41, 5.74) is 0.255. The van der Waals surface area contributed by atoms with Gasteiger partial charge in [-0.05, 0) is 76.9 Å². The fourth-order valence-electron chi connectivity index (χ4n) is 3.99. The van der Waals surface area contributed by atoms with Crippen molar-refractivity contribution in [2.45, 2.75) is 67.2 Å². The summed E-state index contributed by atoms with van der Waals surface area (Å²) in [6.07, 6.45) is 2.59. The van der Waals surface area contributed by atoms with Gasteiger partial charge in [0, 0.05) is 41.7 Å². The summed E-state index contributed by atoms with van der Waals surface area (Å²) >= 11 is 0. The number of anilines is 2. The summed E-state index contributed by atoms with van der Waals surface area (Å²) in [6.45, 7) is 7.89. The summed E-state index contributed by atoms with van der Waals surface area (Å²) in [5, 5.41) is 2.77. The van der Waals surface area contributed by atoms with Gasteiger partial charge < -0.3 is 9.64 Å². The number of carbonyl (C=O) groups is 1. The van der Waals surface area contributed by atoms with Crippen LogP contribution in [0.15, 0.2) is 52.4 Å². The van der Waals surface area contributed by atoms with Gasteiger partial charge in [0.1, 0.15) is 22.4 Å². The van der Waals surface area contributed by atoms with Crippen LogP contribution in [0.1, 0.15) is 40.5 Å². The van der Waals surface area contributed by atoms with Gasteiger partial charge in [0.15, 0.2) is 0 Å². The highest BCUT2D eigenvalue weighted by Gasteiger charge is 2.34. The van der Waals surface area contributed by atoms with Crippen molar-refractivity contribution in [1.82, 2.24) is 9.29 Å². The molecule has 4 rings (SSSR count). The highest BCUT2D eigenvalue weighted by Crippen LogP contribution is 2.32. The van der Waals surface area contributed by atoms with Crippen LogP contribution in [0.3, 0.4) is 0 Å². The van der Waals surface area contributed by atoms with Crippen molar-refractivity contribution < 1.29 is 22.2 Å². The van der Waals surface area contributed by atoms with Crippen LogP contribution in [0, 0.1) is 11.8 Å². The number of amides is 1. The molecule has 2 unspecified atom stereocenters. The highest BCUT2D eigenvalue weighted by molar-refractivity contribution is 7.89. The second kappa shape index (κ2) is 10.8. The van der Waals surface area contributed by atoms with E-state index in [4.69, 9.17) is 4.74 Å². The number of benzene rings is 1. The summed E-state index contributed by atoms with van der Waals surface area (Å²) in [5.74, 6) is 6.24. The largest absolute Gasteiger partial charge is 0.444 e. The normalized spacial score (nSPS) is 19.5. The van der Waals surface area contributed by atoms with Crippen molar-refractivity contribution in [2.75, 3.05) is 29.9 Å². The van der Waals surface area contributed by atoms with Crippen molar-refractivity contribution in [2.24, 2.45) is 0 Å². The fraction of sp³-hybridized carbons (Fsp3) is 0.462. The van der Waals surface area contributed by atoms with E-state index in [0.29, 0.717) is 6.54 Å². The zero-order chi connectivity index (χ0) is 26.8. The number of aromatic nitrogens is 1. The first kappa shape index (κ1) is 27.1. The predicted molar refractivity (Wildman–Crippen MR) is 143 cm³/mol. The molecule has 1 amide bonds. The second-order valence-electron chi connectivity index (χ2n) is 9.96. The van der Waals surface area contributed by atoms with Crippen LogP contribution in [0.2, 0.25) is 0 Å². The number of nitrogens with one attached hydrogen (secondary N) is 1. The molecule has 37 heavy (non-hydrogen) atoms. The molecule has 1 saturated carbocycles. The van der Waals surface area contributed by atoms with E-state index in [9.17, 15) is 17.4 Å². The minimum atomic E-state index is -3.82. The molecule has 2 atom stereocenters. The first-order chi connectivity index (χ1) is 17.5. The summed E-state index contributed by atoms with van der Waals surface area (Å²) < 4.78 is 45.8. The van der Waals surface area contributed by atoms with E-state index in [-0.39, 0.29) is 35.1 Å². The first-order valence-corrected chi connectivity index (χ1v) is 14.8. The van der Waals surface area contributed by atoms with Gasteiger partial charge >= 0.3 is 6.09 Å². The fourth-order valence-corrected chi connectivity index (χ4v) is 6.72. The van der Waals surface area contributed by atoms with Crippen molar-refractivity contribution >= 4 is 38.4 Å². The van der Waals surface area contributed by atoms with Crippen LogP contribution < -0.4 is 10.2 Å². The van der Waals surface area contributed by atoms with Gasteiger partial charge in [-0.15, -0.1) is 5.92 Å². The number of sulfonamides is 1. The maximum absolute atomic E-state index is 13.4. The van der Waals surface area contributed by atoms with Gasteiger partial charge in [-0.1, -0.05) is 5.92 Å². The molecule has 2 heterocycles. The van der Waals surface area contributed by atoms with E-state index in [1.807, 2.05) is 24.3 Å². The second-order valence-corrected chi connectivity index (χ2v) is 13.6. The predicted octanol–water partition coefficient (Wildman–Crippen LogP) is 3.60. The Hall–Kier alpha value is -2.94. The Bertz CT molecular complexity index is 1320. The third-order valence-corrected chi connectivity index (χ3v) is 9.55. The van der Waals surface area contributed by atoms with E-state index < -0.39 is 32.5 Å². The molecule has 1 N–H and O–H groups in total. The Balaban J connectivity index is 1.45. The van der Waals surface area contributed by atoms with Crippen LogP contribution in [-0.4, -0.2) is 64.5 Å². The minimum Gasteiger partial charge on any atom is -0.444 e. The minimum absolute atomic E-state index is 0.0332. The van der Waals surface area contributed by atoms with Gasteiger partial charge in [0.2, 0.25) is 10.0 Å². The molecular formula is C26H32N4O5S2. The Morgan fingerprint density at radius 2 is 1.84 bits per heavy atom. The molecule has 2 aromatic rings. The Morgan fingerprint density at radius 1 is 1.14 bits per heavy atom. The van der Waals surface area contributed by atoms with Gasteiger partial charge in [-0.3, -0.25) is 9.53 Å². The molecule has 198 valence electrons. The molecule has 2 aliphatic rings. The maximum atomic E-state index is 13.4. The van der Waals surface area contributed by atoms with Gasteiger partial charge in [-0.25, -0.2) is 18.2 Å². The number of carbonyl (C=O) groups excluding carboxylic acids is 1. The molecule has 9 nitrogen and oxygen atoms in total. The molecule has 1 saturated heterocycles. The summed E-state index contributed by atoms with van der Waals surface area (Å²) in [7, 11) is -4.79. The molecule has 0 bridgehead atoms. The molecular weight excluding hydrogens is 512 g/mol. The van der Waals surface area contributed by atoms with Crippen LogP contribution in [0.25, 0.3) is 0 Å². The topological polar surface area (TPSA) is 109 Å². The zero-order valence-corrected chi connectivity index (χ0v) is 23.1. The third-order valence-electron chi connectivity index (χ3n) is 5.88. The molecule has 0 radical (unpaired) electrons. The van der Waals surface area contributed by atoms with E-state index in [1.165, 1.54) is 22.6 Å². The molecule has 1 aliphatic heterocycles. The zero-order valence-electron chi connectivity index (χ0n) is 21.4. The molecule has 1 aliphatic carbocycles. The maximum Gasteiger partial charge on any atom is 0.413 e. The lowest BCUT2D eigenvalue weighted by atomic mass is 10.1. The Morgan fingerprint density at radius 3 is 2.41 bits per heavy atom. The Labute approximate surface area is 221 Å². The molecule has 0 spiro atoms. The molecule has 1 aromatic heterocycles. The molecule has 2 fully saturated rings. The van der Waals surface area contributed by atoms with Crippen LogP contribution >= 0.6 is 0 Å². The van der Waals surface area contributed by atoms with E-state index in [2.05, 4.69) is 27.0 Å². The number of hydrogen-bond acceptors (Lipinski definition) is 7. The quantitative estimate of drug-likeness (QED) is 0.554. The smallest absolute Gasteiger partial charge is 0.413 e. The van der Waals surface area contributed by atoms with Crippen molar-refractivity contribution in [1.29, 1.82) is 0 Å². The number of hydrogen-bond donors (Lipinski definition) is 1. The SMILES string of the molecule is CC#CC1CN(S(=O)(=O)c2ccc(NC(=O)OC(C)(C)C)nc2)CCN1c1ccc(S(=O)C2CC2)cc1.